The molecule has 0 aliphatic rings. The van der Waals surface area contributed by atoms with Crippen LogP contribution in [0.3, 0.4) is 0 Å². The molecule has 108 valence electrons. The lowest BCUT2D eigenvalue weighted by Crippen LogP contribution is -2.39. The molecule has 0 aromatic heterocycles. The molecular weight excluding hydrogens is 286 g/mol. The molecule has 0 atom stereocenters. The number of likely N-dealkylation sites (N-methyl/N-ethyl adjacent to an activating group) is 2. The van der Waals surface area contributed by atoms with Crippen molar-refractivity contribution in [1.82, 2.24) is 10.2 Å². The summed E-state index contributed by atoms with van der Waals surface area (Å²) in [4.78, 5) is 35.2. The van der Waals surface area contributed by atoms with Gasteiger partial charge in [-0.1, -0.05) is 11.6 Å². The van der Waals surface area contributed by atoms with E-state index in [1.165, 1.54) is 32.3 Å². The van der Waals surface area contributed by atoms with E-state index >= 15 is 0 Å². The first-order valence-corrected chi connectivity index (χ1v) is 5.98. The Morgan fingerprint density at radius 1 is 1.35 bits per heavy atom. The summed E-state index contributed by atoms with van der Waals surface area (Å²) in [5.74, 6) is -1.53. The van der Waals surface area contributed by atoms with Gasteiger partial charge in [-0.2, -0.15) is 0 Å². The quantitative estimate of drug-likeness (QED) is 0.779. The molecule has 0 aliphatic heterocycles. The van der Waals surface area contributed by atoms with Crippen LogP contribution in [0.4, 0.5) is 10.5 Å². The molecule has 0 saturated carbocycles. The highest BCUT2D eigenvalue weighted by Crippen LogP contribution is 2.21. The molecule has 1 aromatic rings. The minimum Gasteiger partial charge on any atom is -0.478 e. The number of urea groups is 1. The molecule has 3 N–H and O–H groups in total. The van der Waals surface area contributed by atoms with E-state index in [9.17, 15) is 14.4 Å². The second-order valence-electron chi connectivity index (χ2n) is 3.95. The second kappa shape index (κ2) is 6.76. The second-order valence-corrected chi connectivity index (χ2v) is 4.39. The number of carboxylic acids is 1. The van der Waals surface area contributed by atoms with E-state index in [0.717, 1.165) is 4.90 Å². The lowest BCUT2D eigenvalue weighted by atomic mass is 10.2. The van der Waals surface area contributed by atoms with Crippen LogP contribution in [0.25, 0.3) is 0 Å². The van der Waals surface area contributed by atoms with Gasteiger partial charge in [0.2, 0.25) is 5.91 Å². The van der Waals surface area contributed by atoms with E-state index < -0.39 is 12.0 Å². The van der Waals surface area contributed by atoms with E-state index in [1.807, 2.05) is 0 Å². The lowest BCUT2D eigenvalue weighted by molar-refractivity contribution is -0.120. The number of rotatable bonds is 4. The summed E-state index contributed by atoms with van der Waals surface area (Å²) < 4.78 is 0. The van der Waals surface area contributed by atoms with Crippen LogP contribution in [0.1, 0.15) is 10.4 Å². The molecule has 8 heteroatoms. The number of hydrogen-bond acceptors (Lipinski definition) is 3. The van der Waals surface area contributed by atoms with Gasteiger partial charge in [0.05, 0.1) is 11.3 Å². The summed E-state index contributed by atoms with van der Waals surface area (Å²) in [7, 11) is 2.86. The first-order chi connectivity index (χ1) is 9.35. The van der Waals surface area contributed by atoms with Gasteiger partial charge < -0.3 is 20.6 Å². The molecule has 1 rings (SSSR count). The van der Waals surface area contributed by atoms with Crippen molar-refractivity contribution < 1.29 is 19.5 Å². The Labute approximate surface area is 120 Å². The van der Waals surface area contributed by atoms with Crippen molar-refractivity contribution in [2.45, 2.75) is 0 Å². The highest BCUT2D eigenvalue weighted by molar-refractivity contribution is 6.31. The molecule has 7 nitrogen and oxygen atoms in total. The Morgan fingerprint density at radius 3 is 2.55 bits per heavy atom. The van der Waals surface area contributed by atoms with Gasteiger partial charge in [-0.15, -0.1) is 0 Å². The fraction of sp³-hybridized carbons (Fsp3) is 0.250. The topological polar surface area (TPSA) is 98.7 Å². The number of carboxylic acid groups (broad SMARTS) is 1. The van der Waals surface area contributed by atoms with Crippen LogP contribution in [0.15, 0.2) is 18.2 Å². The van der Waals surface area contributed by atoms with E-state index in [1.54, 1.807) is 0 Å². The van der Waals surface area contributed by atoms with Crippen LogP contribution in [0, 0.1) is 0 Å². The van der Waals surface area contributed by atoms with Crippen molar-refractivity contribution >= 4 is 35.2 Å². The molecule has 0 saturated heterocycles. The zero-order valence-corrected chi connectivity index (χ0v) is 11.7. The average Bonchev–Trinajstić information content (AvgIpc) is 2.38. The maximum atomic E-state index is 11.8. The molecule has 3 amide bonds. The molecule has 0 aliphatic carbocycles. The standard InChI is InChI=1S/C12H14ClN3O4/c1-14-10(17)6-16(2)12(20)15-9-5-7(13)3-4-8(9)11(18)19/h3-5H,6H2,1-2H3,(H,14,17)(H,15,20)(H,18,19). The molecular formula is C12H14ClN3O4. The molecule has 1 aromatic carbocycles. The number of nitrogens with zero attached hydrogens (tertiary/aromatic N) is 1. The van der Waals surface area contributed by atoms with E-state index in [0.29, 0.717) is 5.02 Å². The van der Waals surface area contributed by atoms with Crippen LogP contribution < -0.4 is 10.6 Å². The third kappa shape index (κ3) is 4.13. The van der Waals surface area contributed by atoms with Crippen LogP contribution >= 0.6 is 11.6 Å². The maximum Gasteiger partial charge on any atom is 0.337 e. The van der Waals surface area contributed by atoms with Crippen molar-refractivity contribution in [2.24, 2.45) is 0 Å². The molecule has 20 heavy (non-hydrogen) atoms. The third-order valence-corrected chi connectivity index (χ3v) is 2.70. The molecule has 0 spiro atoms. The Kier molecular flexibility index (Phi) is 5.33. The smallest absolute Gasteiger partial charge is 0.337 e. The van der Waals surface area contributed by atoms with Crippen molar-refractivity contribution in [3.8, 4) is 0 Å². The van der Waals surface area contributed by atoms with Gasteiger partial charge in [0, 0.05) is 19.1 Å². The number of hydrogen-bond donors (Lipinski definition) is 3. The summed E-state index contributed by atoms with van der Waals surface area (Å²) >= 11 is 5.77. The first kappa shape index (κ1) is 15.8. The van der Waals surface area contributed by atoms with Crippen molar-refractivity contribution in [3.63, 3.8) is 0 Å². The number of carbonyl (C=O) groups is 3. The highest BCUT2D eigenvalue weighted by atomic mass is 35.5. The SMILES string of the molecule is CNC(=O)CN(C)C(=O)Nc1cc(Cl)ccc1C(=O)O. The minimum absolute atomic E-state index is 0.0683. The first-order valence-electron chi connectivity index (χ1n) is 5.60. The maximum absolute atomic E-state index is 11.8. The van der Waals surface area contributed by atoms with Gasteiger partial charge in [-0.3, -0.25) is 4.79 Å². The molecule has 0 fully saturated rings. The zero-order chi connectivity index (χ0) is 15.3. The minimum atomic E-state index is -1.19. The Bertz CT molecular complexity index is 548. The predicted molar refractivity (Wildman–Crippen MR) is 74.1 cm³/mol. The van der Waals surface area contributed by atoms with Gasteiger partial charge in [0.25, 0.3) is 0 Å². The molecule has 0 radical (unpaired) electrons. The van der Waals surface area contributed by atoms with E-state index in [-0.39, 0.29) is 23.7 Å². The number of amides is 3. The number of aromatic carboxylic acids is 1. The Hall–Kier alpha value is -2.28. The number of halogens is 1. The van der Waals surface area contributed by atoms with Crippen molar-refractivity contribution in [3.05, 3.63) is 28.8 Å². The van der Waals surface area contributed by atoms with Gasteiger partial charge in [-0.05, 0) is 18.2 Å². The average molecular weight is 300 g/mol. The predicted octanol–water partition coefficient (Wildman–Crippen LogP) is 1.25. The lowest BCUT2D eigenvalue weighted by Gasteiger charge is -2.17. The van der Waals surface area contributed by atoms with Gasteiger partial charge in [0.15, 0.2) is 0 Å². The van der Waals surface area contributed by atoms with Gasteiger partial charge in [-0.25, -0.2) is 9.59 Å². The van der Waals surface area contributed by atoms with Crippen molar-refractivity contribution in [1.29, 1.82) is 0 Å². The molecule has 0 heterocycles. The summed E-state index contributed by atoms with van der Waals surface area (Å²) in [5.41, 5.74) is -0.0187. The van der Waals surface area contributed by atoms with Crippen LogP contribution in [0.2, 0.25) is 5.02 Å². The largest absolute Gasteiger partial charge is 0.478 e. The van der Waals surface area contributed by atoms with Crippen LogP contribution in [0.5, 0.6) is 0 Å². The van der Waals surface area contributed by atoms with E-state index in [4.69, 9.17) is 16.7 Å². The van der Waals surface area contributed by atoms with Crippen LogP contribution in [-0.2, 0) is 4.79 Å². The number of benzene rings is 1. The Morgan fingerprint density at radius 2 is 2.00 bits per heavy atom. The number of nitrogens with one attached hydrogen (secondary N) is 2. The van der Waals surface area contributed by atoms with Crippen LogP contribution in [-0.4, -0.2) is 48.6 Å². The molecule has 0 bridgehead atoms. The number of anilines is 1. The van der Waals surface area contributed by atoms with Gasteiger partial charge >= 0.3 is 12.0 Å². The fourth-order valence-corrected chi connectivity index (χ4v) is 1.56. The summed E-state index contributed by atoms with van der Waals surface area (Å²) in [6.45, 7) is -0.148. The molecule has 0 unspecified atom stereocenters. The third-order valence-electron chi connectivity index (χ3n) is 2.46. The van der Waals surface area contributed by atoms with E-state index in [2.05, 4.69) is 10.6 Å². The normalized spacial score (nSPS) is 9.75. The monoisotopic (exact) mass is 299 g/mol. The number of carbonyl (C=O) groups excluding carboxylic acids is 2. The highest BCUT2D eigenvalue weighted by Gasteiger charge is 2.16. The summed E-state index contributed by atoms with van der Waals surface area (Å²) in [6.07, 6.45) is 0. The van der Waals surface area contributed by atoms with Crippen molar-refractivity contribution in [2.75, 3.05) is 26.0 Å². The summed E-state index contributed by atoms with van der Waals surface area (Å²) in [6, 6.07) is 3.42. The van der Waals surface area contributed by atoms with Gasteiger partial charge in [0.1, 0.15) is 6.54 Å². The summed E-state index contributed by atoms with van der Waals surface area (Å²) in [5, 5.41) is 14.1. The Balaban J connectivity index is 2.87. The fourth-order valence-electron chi connectivity index (χ4n) is 1.38. The zero-order valence-electron chi connectivity index (χ0n) is 10.9.